The van der Waals surface area contributed by atoms with Crippen molar-refractivity contribution >= 4 is 12.6 Å². The average molecular weight is 238 g/mol. The van der Waals surface area contributed by atoms with Crippen LogP contribution in [0.2, 0.25) is 0 Å². The first-order valence-electron chi connectivity index (χ1n) is 6.02. The minimum Gasteiger partial charge on any atom is -0.494 e. The lowest BCUT2D eigenvalue weighted by atomic mass is 10.00. The first-order valence-corrected chi connectivity index (χ1v) is 6.66. The maximum absolute atomic E-state index is 5.59. The van der Waals surface area contributed by atoms with Crippen molar-refractivity contribution in [2.24, 2.45) is 0 Å². The average Bonchev–Trinajstić information content (AvgIpc) is 2.25. The monoisotopic (exact) mass is 238 g/mol. The Morgan fingerprint density at radius 2 is 1.88 bits per heavy atom. The van der Waals surface area contributed by atoms with Gasteiger partial charge in [0.2, 0.25) is 0 Å². The molecule has 1 rings (SSSR count). The van der Waals surface area contributed by atoms with Crippen LogP contribution < -0.4 is 4.74 Å². The van der Waals surface area contributed by atoms with Crippen molar-refractivity contribution in [1.29, 1.82) is 0 Å². The fourth-order valence-electron chi connectivity index (χ4n) is 1.86. The summed E-state index contributed by atoms with van der Waals surface area (Å²) in [5.74, 6) is 2.01. The summed E-state index contributed by atoms with van der Waals surface area (Å²) in [7, 11) is 0. The Kier molecular flexibility index (Phi) is 5.75. The topological polar surface area (TPSA) is 9.23 Å². The number of unbranched alkanes of at least 4 members (excludes halogenated alkanes) is 1. The van der Waals surface area contributed by atoms with Crippen LogP contribution in [0.1, 0.15) is 36.5 Å². The van der Waals surface area contributed by atoms with Crippen molar-refractivity contribution in [3.63, 3.8) is 0 Å². The van der Waals surface area contributed by atoms with Gasteiger partial charge in [-0.05, 0) is 68.5 Å². The quantitative estimate of drug-likeness (QED) is 0.583. The molecule has 0 radical (unpaired) electrons. The molecule has 0 spiro atoms. The lowest BCUT2D eigenvalue weighted by Gasteiger charge is -2.12. The molecule has 1 aromatic rings. The molecule has 0 heterocycles. The highest BCUT2D eigenvalue weighted by Crippen LogP contribution is 2.24. The molecule has 0 aliphatic carbocycles. The van der Waals surface area contributed by atoms with Crippen molar-refractivity contribution in [1.82, 2.24) is 0 Å². The standard InChI is InChI=1S/C14H22OS/c1-4-15-14-10-11(2)13(9-12(14)3)7-5-6-8-16/h9-10,16H,4-8H2,1-3H3. The van der Waals surface area contributed by atoms with Crippen molar-refractivity contribution in [2.45, 2.75) is 40.0 Å². The van der Waals surface area contributed by atoms with Gasteiger partial charge >= 0.3 is 0 Å². The predicted octanol–water partition coefficient (Wildman–Crippen LogP) is 3.95. The molecule has 16 heavy (non-hydrogen) atoms. The molecule has 0 amide bonds. The third kappa shape index (κ3) is 3.75. The lowest BCUT2D eigenvalue weighted by molar-refractivity contribution is 0.337. The third-order valence-corrected chi connectivity index (χ3v) is 3.10. The van der Waals surface area contributed by atoms with Gasteiger partial charge in [0.1, 0.15) is 5.75 Å². The number of benzene rings is 1. The molecule has 0 aromatic heterocycles. The minimum atomic E-state index is 0.735. The zero-order valence-corrected chi connectivity index (χ0v) is 11.4. The first kappa shape index (κ1) is 13.4. The normalized spacial score (nSPS) is 10.5. The molecule has 0 bridgehead atoms. The largest absolute Gasteiger partial charge is 0.494 e. The van der Waals surface area contributed by atoms with E-state index in [9.17, 15) is 0 Å². The SMILES string of the molecule is CCOc1cc(C)c(CCCCS)cc1C. The van der Waals surface area contributed by atoms with Crippen LogP contribution in [0.3, 0.4) is 0 Å². The number of ether oxygens (including phenoxy) is 1. The van der Waals surface area contributed by atoms with E-state index in [4.69, 9.17) is 4.74 Å². The Hall–Kier alpha value is -0.630. The van der Waals surface area contributed by atoms with Gasteiger partial charge in [-0.15, -0.1) is 0 Å². The van der Waals surface area contributed by atoms with E-state index in [1.165, 1.54) is 29.5 Å². The molecule has 2 heteroatoms. The van der Waals surface area contributed by atoms with E-state index < -0.39 is 0 Å². The van der Waals surface area contributed by atoms with Crippen molar-refractivity contribution in [2.75, 3.05) is 12.4 Å². The van der Waals surface area contributed by atoms with Crippen LogP contribution in [0.5, 0.6) is 5.75 Å². The zero-order chi connectivity index (χ0) is 12.0. The Bertz CT molecular complexity index is 334. The highest BCUT2D eigenvalue weighted by Gasteiger charge is 2.04. The Labute approximate surface area is 105 Å². The Morgan fingerprint density at radius 3 is 2.50 bits per heavy atom. The Morgan fingerprint density at radius 1 is 1.12 bits per heavy atom. The van der Waals surface area contributed by atoms with Gasteiger partial charge < -0.3 is 4.74 Å². The van der Waals surface area contributed by atoms with Gasteiger partial charge in [0.15, 0.2) is 0 Å². The minimum absolute atomic E-state index is 0.735. The molecule has 0 saturated heterocycles. The van der Waals surface area contributed by atoms with E-state index in [0.29, 0.717) is 0 Å². The first-order chi connectivity index (χ1) is 7.69. The van der Waals surface area contributed by atoms with Crippen molar-refractivity contribution in [3.05, 3.63) is 28.8 Å². The van der Waals surface area contributed by atoms with E-state index in [0.717, 1.165) is 24.5 Å². The molecule has 0 unspecified atom stereocenters. The van der Waals surface area contributed by atoms with Crippen molar-refractivity contribution < 1.29 is 4.74 Å². The second-order valence-electron chi connectivity index (χ2n) is 4.16. The summed E-state index contributed by atoms with van der Waals surface area (Å²) in [4.78, 5) is 0. The molecular weight excluding hydrogens is 216 g/mol. The summed E-state index contributed by atoms with van der Waals surface area (Å²) in [6, 6.07) is 4.42. The smallest absolute Gasteiger partial charge is 0.122 e. The highest BCUT2D eigenvalue weighted by molar-refractivity contribution is 7.80. The van der Waals surface area contributed by atoms with Gasteiger partial charge in [-0.25, -0.2) is 0 Å². The fourth-order valence-corrected chi connectivity index (χ4v) is 2.08. The van der Waals surface area contributed by atoms with Crippen LogP contribution in [0, 0.1) is 13.8 Å². The molecule has 1 aromatic carbocycles. The number of rotatable bonds is 6. The number of hydrogen-bond donors (Lipinski definition) is 1. The second kappa shape index (κ2) is 6.85. The maximum atomic E-state index is 5.59. The maximum Gasteiger partial charge on any atom is 0.122 e. The van der Waals surface area contributed by atoms with Gasteiger partial charge in [0.05, 0.1) is 6.61 Å². The predicted molar refractivity (Wildman–Crippen MR) is 73.9 cm³/mol. The third-order valence-electron chi connectivity index (χ3n) is 2.79. The Balaban J connectivity index is 2.75. The second-order valence-corrected chi connectivity index (χ2v) is 4.61. The molecule has 0 atom stereocenters. The van der Waals surface area contributed by atoms with Gasteiger partial charge in [-0.1, -0.05) is 6.07 Å². The molecular formula is C14H22OS. The fraction of sp³-hybridized carbons (Fsp3) is 0.571. The van der Waals surface area contributed by atoms with Crippen LogP contribution in [0.15, 0.2) is 12.1 Å². The molecule has 0 fully saturated rings. The molecule has 0 saturated carbocycles. The summed E-state index contributed by atoms with van der Waals surface area (Å²) >= 11 is 4.24. The van der Waals surface area contributed by atoms with E-state index >= 15 is 0 Å². The van der Waals surface area contributed by atoms with Crippen LogP contribution in [-0.4, -0.2) is 12.4 Å². The highest BCUT2D eigenvalue weighted by atomic mass is 32.1. The van der Waals surface area contributed by atoms with Gasteiger partial charge in [0, 0.05) is 0 Å². The van der Waals surface area contributed by atoms with E-state index in [2.05, 4.69) is 38.6 Å². The van der Waals surface area contributed by atoms with E-state index in [1.54, 1.807) is 0 Å². The summed E-state index contributed by atoms with van der Waals surface area (Å²) in [6.07, 6.45) is 3.56. The summed E-state index contributed by atoms with van der Waals surface area (Å²) in [5, 5.41) is 0. The molecule has 90 valence electrons. The molecule has 0 N–H and O–H groups in total. The van der Waals surface area contributed by atoms with Gasteiger partial charge in [-0.3, -0.25) is 0 Å². The summed E-state index contributed by atoms with van der Waals surface area (Å²) < 4.78 is 5.59. The molecule has 0 aliphatic rings. The van der Waals surface area contributed by atoms with Crippen molar-refractivity contribution in [3.8, 4) is 5.75 Å². The number of aryl methyl sites for hydroxylation is 3. The lowest BCUT2D eigenvalue weighted by Crippen LogP contribution is -1.98. The van der Waals surface area contributed by atoms with E-state index in [1.807, 2.05) is 6.92 Å². The molecule has 1 nitrogen and oxygen atoms in total. The van der Waals surface area contributed by atoms with Gasteiger partial charge in [-0.2, -0.15) is 12.6 Å². The summed E-state index contributed by atoms with van der Waals surface area (Å²) in [6.45, 7) is 7.04. The van der Waals surface area contributed by atoms with Crippen LogP contribution >= 0.6 is 12.6 Å². The summed E-state index contributed by atoms with van der Waals surface area (Å²) in [5.41, 5.74) is 4.03. The van der Waals surface area contributed by atoms with E-state index in [-0.39, 0.29) is 0 Å². The van der Waals surface area contributed by atoms with Crippen LogP contribution in [-0.2, 0) is 6.42 Å². The van der Waals surface area contributed by atoms with Crippen LogP contribution in [0.25, 0.3) is 0 Å². The zero-order valence-electron chi connectivity index (χ0n) is 10.5. The van der Waals surface area contributed by atoms with Crippen LogP contribution in [0.4, 0.5) is 0 Å². The van der Waals surface area contributed by atoms with Gasteiger partial charge in [0.25, 0.3) is 0 Å². The molecule has 0 aliphatic heterocycles. The number of thiol groups is 1. The number of hydrogen-bond acceptors (Lipinski definition) is 2.